The van der Waals surface area contributed by atoms with Crippen LogP contribution < -0.4 is 9.47 Å². The molecule has 0 fully saturated rings. The molecular weight excluding hydrogens is 422 g/mol. The molecule has 6 nitrogen and oxygen atoms in total. The molecule has 0 saturated carbocycles. The van der Waals surface area contributed by atoms with Crippen molar-refractivity contribution < 1.29 is 14.3 Å². The molecule has 4 rings (SSSR count). The second-order valence-electron chi connectivity index (χ2n) is 6.87. The van der Waals surface area contributed by atoms with E-state index in [1.54, 1.807) is 31.4 Å². The van der Waals surface area contributed by atoms with Crippen molar-refractivity contribution in [2.75, 3.05) is 19.5 Å². The maximum Gasteiger partial charge on any atom is 0.196 e. The Balaban J connectivity index is 1.62. The molecule has 32 heavy (non-hydrogen) atoms. The Morgan fingerprint density at radius 3 is 2.25 bits per heavy atom. The van der Waals surface area contributed by atoms with E-state index < -0.39 is 0 Å². The van der Waals surface area contributed by atoms with Gasteiger partial charge in [0.25, 0.3) is 0 Å². The predicted octanol–water partition coefficient (Wildman–Crippen LogP) is 5.32. The highest BCUT2D eigenvalue weighted by atomic mass is 32.2. The van der Waals surface area contributed by atoms with E-state index in [-0.39, 0.29) is 11.5 Å². The Hall–Kier alpha value is -3.58. The van der Waals surface area contributed by atoms with Crippen molar-refractivity contribution in [1.82, 2.24) is 14.8 Å². The van der Waals surface area contributed by atoms with Crippen molar-refractivity contribution in [2.24, 2.45) is 0 Å². The van der Waals surface area contributed by atoms with Gasteiger partial charge >= 0.3 is 0 Å². The predicted molar refractivity (Wildman–Crippen MR) is 126 cm³/mol. The molecule has 0 saturated heterocycles. The maximum absolute atomic E-state index is 12.7. The number of hydrogen-bond acceptors (Lipinski definition) is 6. The van der Waals surface area contributed by atoms with Crippen LogP contribution in [-0.4, -0.2) is 40.0 Å². The van der Waals surface area contributed by atoms with Crippen LogP contribution in [0, 0.1) is 0 Å². The van der Waals surface area contributed by atoms with Gasteiger partial charge in [-0.25, -0.2) is 0 Å². The van der Waals surface area contributed by atoms with Gasteiger partial charge in [-0.1, -0.05) is 42.1 Å². The number of methoxy groups -OCH3 is 1. The van der Waals surface area contributed by atoms with Crippen molar-refractivity contribution in [3.05, 3.63) is 84.4 Å². The maximum atomic E-state index is 12.7. The molecule has 0 aliphatic heterocycles. The van der Waals surface area contributed by atoms with E-state index in [9.17, 15) is 4.79 Å². The van der Waals surface area contributed by atoms with E-state index in [4.69, 9.17) is 9.47 Å². The zero-order valence-electron chi connectivity index (χ0n) is 17.9. The highest BCUT2D eigenvalue weighted by Gasteiger charge is 2.18. The molecule has 0 spiro atoms. The van der Waals surface area contributed by atoms with Crippen LogP contribution in [0.5, 0.6) is 11.5 Å². The number of nitrogens with zero attached hydrogens (tertiary/aromatic N) is 3. The SMILES string of the molecule is CCOc1ccc(-n2c(SCC(=O)c3ccc(OC)cc3)nnc2-c2ccccc2)cc1. The highest BCUT2D eigenvalue weighted by Crippen LogP contribution is 2.29. The van der Waals surface area contributed by atoms with Crippen LogP contribution in [0.2, 0.25) is 0 Å². The third kappa shape index (κ3) is 4.84. The lowest BCUT2D eigenvalue weighted by atomic mass is 10.1. The zero-order chi connectivity index (χ0) is 22.3. The number of ketones is 1. The number of ether oxygens (including phenoxy) is 2. The Morgan fingerprint density at radius 1 is 0.906 bits per heavy atom. The summed E-state index contributed by atoms with van der Waals surface area (Å²) in [7, 11) is 1.60. The summed E-state index contributed by atoms with van der Waals surface area (Å²) in [6, 6.07) is 24.8. The molecule has 0 bridgehead atoms. The summed E-state index contributed by atoms with van der Waals surface area (Å²) in [4.78, 5) is 12.7. The van der Waals surface area contributed by atoms with Crippen LogP contribution in [0.4, 0.5) is 0 Å². The highest BCUT2D eigenvalue weighted by molar-refractivity contribution is 7.99. The summed E-state index contributed by atoms with van der Waals surface area (Å²) in [6.07, 6.45) is 0. The van der Waals surface area contributed by atoms with Crippen LogP contribution in [0.15, 0.2) is 84.0 Å². The summed E-state index contributed by atoms with van der Waals surface area (Å²) < 4.78 is 12.7. The molecule has 4 aromatic rings. The fraction of sp³-hybridized carbons (Fsp3) is 0.160. The molecule has 1 heterocycles. The van der Waals surface area contributed by atoms with E-state index in [2.05, 4.69) is 10.2 Å². The molecule has 0 aliphatic rings. The summed E-state index contributed by atoms with van der Waals surface area (Å²) in [5.41, 5.74) is 2.48. The van der Waals surface area contributed by atoms with Gasteiger partial charge in [-0.05, 0) is 55.5 Å². The summed E-state index contributed by atoms with van der Waals surface area (Å²) in [5, 5.41) is 9.47. The van der Waals surface area contributed by atoms with Crippen LogP contribution in [0.25, 0.3) is 17.1 Å². The minimum atomic E-state index is 0.0140. The van der Waals surface area contributed by atoms with Crippen molar-refractivity contribution in [1.29, 1.82) is 0 Å². The number of benzene rings is 3. The minimum Gasteiger partial charge on any atom is -0.497 e. The number of hydrogen-bond donors (Lipinski definition) is 0. The number of carbonyl (C=O) groups excluding carboxylic acids is 1. The Labute approximate surface area is 191 Å². The molecule has 3 aromatic carbocycles. The third-order valence-electron chi connectivity index (χ3n) is 4.82. The fourth-order valence-corrected chi connectivity index (χ4v) is 4.07. The molecule has 0 radical (unpaired) electrons. The molecule has 0 unspecified atom stereocenters. The summed E-state index contributed by atoms with van der Waals surface area (Å²) in [5.74, 6) is 2.50. The van der Waals surface area contributed by atoms with Crippen molar-refractivity contribution in [3.63, 3.8) is 0 Å². The average molecular weight is 446 g/mol. The quantitative estimate of drug-likeness (QED) is 0.257. The second-order valence-corrected chi connectivity index (χ2v) is 7.82. The van der Waals surface area contributed by atoms with Crippen molar-refractivity contribution in [3.8, 4) is 28.6 Å². The van der Waals surface area contributed by atoms with Crippen LogP contribution in [-0.2, 0) is 0 Å². The number of carbonyl (C=O) groups is 1. The van der Waals surface area contributed by atoms with Gasteiger partial charge in [0.15, 0.2) is 16.8 Å². The van der Waals surface area contributed by atoms with Gasteiger partial charge in [0, 0.05) is 16.8 Å². The molecule has 162 valence electrons. The first-order chi connectivity index (χ1) is 15.7. The first-order valence-corrected chi connectivity index (χ1v) is 11.2. The Kier molecular flexibility index (Phi) is 6.87. The van der Waals surface area contributed by atoms with E-state index in [0.717, 1.165) is 22.7 Å². The topological polar surface area (TPSA) is 66.2 Å². The Morgan fingerprint density at radius 2 is 1.59 bits per heavy atom. The molecule has 0 aliphatic carbocycles. The van der Waals surface area contributed by atoms with Gasteiger partial charge in [0.2, 0.25) is 0 Å². The van der Waals surface area contributed by atoms with E-state index in [1.807, 2.05) is 66.1 Å². The van der Waals surface area contributed by atoms with Crippen LogP contribution in [0.1, 0.15) is 17.3 Å². The van der Waals surface area contributed by atoms with Gasteiger partial charge in [-0.15, -0.1) is 10.2 Å². The molecule has 0 atom stereocenters. The molecule has 0 N–H and O–H groups in total. The minimum absolute atomic E-state index is 0.0140. The molecule has 7 heteroatoms. The monoisotopic (exact) mass is 445 g/mol. The zero-order valence-corrected chi connectivity index (χ0v) is 18.7. The first-order valence-electron chi connectivity index (χ1n) is 10.2. The van der Waals surface area contributed by atoms with Gasteiger partial charge in [-0.2, -0.15) is 0 Å². The second kappa shape index (κ2) is 10.2. The van der Waals surface area contributed by atoms with E-state index >= 15 is 0 Å². The number of rotatable bonds is 9. The first kappa shape index (κ1) is 21.6. The third-order valence-corrected chi connectivity index (χ3v) is 5.74. The molecule has 0 amide bonds. The van der Waals surface area contributed by atoms with E-state index in [0.29, 0.717) is 23.2 Å². The summed E-state index contributed by atoms with van der Waals surface area (Å²) in [6.45, 7) is 2.56. The Bertz CT molecular complexity index is 1170. The van der Waals surface area contributed by atoms with Crippen molar-refractivity contribution in [2.45, 2.75) is 12.1 Å². The molecule has 1 aromatic heterocycles. The standard InChI is InChI=1S/C25H23N3O3S/c1-3-31-22-15-11-20(12-16-22)28-24(19-7-5-4-6-8-19)26-27-25(28)32-17-23(29)18-9-13-21(30-2)14-10-18/h4-16H,3,17H2,1-2H3. The fourth-order valence-electron chi connectivity index (χ4n) is 3.22. The van der Waals surface area contributed by atoms with Crippen molar-refractivity contribution >= 4 is 17.5 Å². The van der Waals surface area contributed by atoms with Crippen LogP contribution >= 0.6 is 11.8 Å². The van der Waals surface area contributed by atoms with Gasteiger partial charge in [0.05, 0.1) is 19.5 Å². The summed E-state index contributed by atoms with van der Waals surface area (Å²) >= 11 is 1.36. The van der Waals surface area contributed by atoms with Gasteiger partial charge < -0.3 is 9.47 Å². The number of aromatic nitrogens is 3. The van der Waals surface area contributed by atoms with Gasteiger partial charge in [0.1, 0.15) is 11.5 Å². The average Bonchev–Trinajstić information content (AvgIpc) is 3.28. The lowest BCUT2D eigenvalue weighted by molar-refractivity contribution is 0.102. The smallest absolute Gasteiger partial charge is 0.196 e. The lowest BCUT2D eigenvalue weighted by Gasteiger charge is -2.11. The number of thioether (sulfide) groups is 1. The molecular formula is C25H23N3O3S. The normalized spacial score (nSPS) is 10.7. The number of Topliss-reactive ketones (excluding diaryl/α,β-unsaturated/α-hetero) is 1. The largest absolute Gasteiger partial charge is 0.497 e. The lowest BCUT2D eigenvalue weighted by Crippen LogP contribution is -2.05. The van der Waals surface area contributed by atoms with Crippen LogP contribution in [0.3, 0.4) is 0 Å². The van der Waals surface area contributed by atoms with Gasteiger partial charge in [-0.3, -0.25) is 9.36 Å². The van der Waals surface area contributed by atoms with E-state index in [1.165, 1.54) is 11.8 Å².